The number of anilines is 3. The number of carbonyl (C=O) groups is 3. The molecule has 0 saturated carbocycles. The highest BCUT2D eigenvalue weighted by Crippen LogP contribution is 2.47. The summed E-state index contributed by atoms with van der Waals surface area (Å²) in [6.07, 6.45) is 4.63. The number of aliphatic carboxylic acids is 1. The fraction of sp³-hybridized carbons (Fsp3) is 0.186. The van der Waals surface area contributed by atoms with Gasteiger partial charge in [0, 0.05) is 33.3 Å². The molecule has 1 heterocycles. The van der Waals surface area contributed by atoms with Gasteiger partial charge < -0.3 is 14.7 Å². The Balaban J connectivity index is 1.30. The molecule has 7 aromatic carbocycles. The number of hydrogen-bond donors (Lipinski definition) is 1. The fourth-order valence-corrected chi connectivity index (χ4v) is 7.53. The van der Waals surface area contributed by atoms with E-state index in [9.17, 15) is 19.5 Å². The first-order chi connectivity index (χ1) is 24.4. The van der Waals surface area contributed by atoms with Crippen LogP contribution in [0.4, 0.5) is 17.1 Å². The molecular formula is C43H36N2O5. The Labute approximate surface area is 289 Å². The summed E-state index contributed by atoms with van der Waals surface area (Å²) in [5, 5.41) is 16.9. The Morgan fingerprint density at radius 2 is 1.24 bits per heavy atom. The summed E-state index contributed by atoms with van der Waals surface area (Å²) in [6.45, 7) is 4.32. The number of carboxylic acid groups (broad SMARTS) is 1. The van der Waals surface area contributed by atoms with E-state index < -0.39 is 24.3 Å². The van der Waals surface area contributed by atoms with Crippen LogP contribution in [0, 0.1) is 6.92 Å². The summed E-state index contributed by atoms with van der Waals surface area (Å²) in [5.41, 5.74) is 4.91. The van der Waals surface area contributed by atoms with Gasteiger partial charge in [-0.2, -0.15) is 0 Å². The molecule has 2 amide bonds. The van der Waals surface area contributed by atoms with E-state index >= 15 is 0 Å². The highest BCUT2D eigenvalue weighted by Gasteiger charge is 2.35. The van der Waals surface area contributed by atoms with Gasteiger partial charge in [0.15, 0.2) is 0 Å². The van der Waals surface area contributed by atoms with Crippen LogP contribution >= 0.6 is 0 Å². The number of amides is 2. The molecule has 7 aromatic rings. The van der Waals surface area contributed by atoms with Crippen molar-refractivity contribution in [1.82, 2.24) is 4.90 Å². The maximum atomic E-state index is 13.5. The van der Waals surface area contributed by atoms with Gasteiger partial charge >= 0.3 is 5.97 Å². The summed E-state index contributed by atoms with van der Waals surface area (Å²) in [7, 11) is 0. The Morgan fingerprint density at radius 1 is 0.660 bits per heavy atom. The quantitative estimate of drug-likeness (QED) is 0.0643. The van der Waals surface area contributed by atoms with Gasteiger partial charge in [0.05, 0.1) is 12.3 Å². The SMILES string of the molecule is CCCCCCOc1ccc(N(c2ccc(C)cc2)c2ccc3c4ccc5c6c(ccc(c7cccc2c73)c64)C(=O)N(CC(=O)O)C5=O)cc1. The van der Waals surface area contributed by atoms with Gasteiger partial charge in [-0.15, -0.1) is 0 Å². The van der Waals surface area contributed by atoms with Gasteiger partial charge in [0.25, 0.3) is 11.8 Å². The minimum Gasteiger partial charge on any atom is -0.494 e. The van der Waals surface area contributed by atoms with Crippen LogP contribution in [0.2, 0.25) is 0 Å². The largest absolute Gasteiger partial charge is 0.494 e. The molecular weight excluding hydrogens is 624 g/mol. The lowest BCUT2D eigenvalue weighted by atomic mass is 9.84. The van der Waals surface area contributed by atoms with E-state index in [1.807, 2.05) is 24.3 Å². The second-order valence-corrected chi connectivity index (χ2v) is 13.1. The molecule has 0 bridgehead atoms. The summed E-state index contributed by atoms with van der Waals surface area (Å²) in [4.78, 5) is 41.5. The second-order valence-electron chi connectivity index (χ2n) is 13.1. The van der Waals surface area contributed by atoms with E-state index in [1.54, 1.807) is 12.1 Å². The van der Waals surface area contributed by atoms with Crippen molar-refractivity contribution in [3.8, 4) is 5.75 Å². The molecule has 1 aliphatic rings. The molecule has 0 spiro atoms. The monoisotopic (exact) mass is 660 g/mol. The number of hydrogen-bond acceptors (Lipinski definition) is 5. The number of carbonyl (C=O) groups excluding carboxylic acids is 2. The smallest absolute Gasteiger partial charge is 0.323 e. The molecule has 0 fully saturated rings. The van der Waals surface area contributed by atoms with Crippen LogP contribution in [0.3, 0.4) is 0 Å². The highest BCUT2D eigenvalue weighted by molar-refractivity contribution is 6.39. The summed E-state index contributed by atoms with van der Waals surface area (Å²) in [5.74, 6) is -1.56. The number of nitrogens with zero attached hydrogens (tertiary/aromatic N) is 2. The van der Waals surface area contributed by atoms with Crippen molar-refractivity contribution in [3.05, 3.63) is 120 Å². The van der Waals surface area contributed by atoms with Crippen LogP contribution in [0.15, 0.2) is 103 Å². The minimum atomic E-state index is -1.24. The molecule has 0 aromatic heterocycles. The predicted octanol–water partition coefficient (Wildman–Crippen LogP) is 10.2. The van der Waals surface area contributed by atoms with Crippen molar-refractivity contribution in [3.63, 3.8) is 0 Å². The van der Waals surface area contributed by atoms with E-state index in [-0.39, 0.29) is 0 Å². The number of rotatable bonds is 11. The molecule has 0 aliphatic carbocycles. The highest BCUT2D eigenvalue weighted by atomic mass is 16.5. The first kappa shape index (κ1) is 31.3. The standard InChI is InChI=1S/C43H36N2O5/c1-3-4-5-6-24-50-29-16-14-28(15-17-29)45(27-12-10-26(2)11-13-27)37-23-22-31-33-19-21-36-41-35(42(48)44(43(36)49)25-38(46)47)20-18-32(40(33)41)30-8-7-9-34(37)39(30)31/h7-23H,3-6,24-25H2,1-2H3,(H,46,47). The molecule has 0 unspecified atom stereocenters. The van der Waals surface area contributed by atoms with Crippen LogP contribution in [-0.4, -0.2) is 40.9 Å². The Kier molecular flexibility index (Phi) is 7.83. The topological polar surface area (TPSA) is 87.2 Å². The summed E-state index contributed by atoms with van der Waals surface area (Å²) in [6, 6.07) is 34.7. The molecule has 7 nitrogen and oxygen atoms in total. The average Bonchev–Trinajstić information content (AvgIpc) is 3.13. The number of carboxylic acids is 1. The van der Waals surface area contributed by atoms with Crippen molar-refractivity contribution < 1.29 is 24.2 Å². The van der Waals surface area contributed by atoms with Gasteiger partial charge in [0.1, 0.15) is 12.3 Å². The van der Waals surface area contributed by atoms with Gasteiger partial charge in [-0.3, -0.25) is 19.3 Å². The van der Waals surface area contributed by atoms with Crippen molar-refractivity contribution in [1.29, 1.82) is 0 Å². The molecule has 8 rings (SSSR count). The van der Waals surface area contributed by atoms with Crippen LogP contribution in [0.25, 0.3) is 43.1 Å². The molecule has 1 N–H and O–H groups in total. The fourth-order valence-electron chi connectivity index (χ4n) is 7.53. The van der Waals surface area contributed by atoms with Crippen LogP contribution < -0.4 is 9.64 Å². The molecule has 50 heavy (non-hydrogen) atoms. The molecule has 0 atom stereocenters. The Hall–Kier alpha value is -5.95. The van der Waals surface area contributed by atoms with E-state index in [2.05, 4.69) is 85.5 Å². The second kappa shape index (κ2) is 12.5. The molecule has 1 aliphatic heterocycles. The number of fused-ring (bicyclic) bond motifs is 2. The van der Waals surface area contributed by atoms with Crippen molar-refractivity contribution in [2.45, 2.75) is 39.5 Å². The third kappa shape index (κ3) is 5.08. The first-order valence-corrected chi connectivity index (χ1v) is 17.2. The molecule has 248 valence electrons. The minimum absolute atomic E-state index is 0.340. The zero-order valence-electron chi connectivity index (χ0n) is 28.0. The third-order valence-corrected chi connectivity index (χ3v) is 9.90. The van der Waals surface area contributed by atoms with E-state index in [0.29, 0.717) is 23.1 Å². The lowest BCUT2D eigenvalue weighted by Gasteiger charge is -2.29. The zero-order chi connectivity index (χ0) is 34.5. The predicted molar refractivity (Wildman–Crippen MR) is 200 cm³/mol. The van der Waals surface area contributed by atoms with E-state index in [1.165, 1.54) is 24.8 Å². The van der Waals surface area contributed by atoms with Crippen molar-refractivity contribution in [2.24, 2.45) is 0 Å². The molecule has 0 saturated heterocycles. The maximum Gasteiger partial charge on any atom is 0.323 e. The number of aryl methyl sites for hydroxylation is 1. The number of imide groups is 1. The van der Waals surface area contributed by atoms with Gasteiger partial charge in [-0.1, -0.05) is 80.3 Å². The number of ether oxygens (including phenoxy) is 1. The zero-order valence-corrected chi connectivity index (χ0v) is 28.0. The van der Waals surface area contributed by atoms with Crippen molar-refractivity contribution >= 4 is 77.9 Å². The summed E-state index contributed by atoms with van der Waals surface area (Å²) >= 11 is 0. The lowest BCUT2D eigenvalue weighted by molar-refractivity contribution is -0.137. The van der Waals surface area contributed by atoms with Crippen molar-refractivity contribution in [2.75, 3.05) is 18.1 Å². The normalized spacial score (nSPS) is 12.9. The Morgan fingerprint density at radius 3 is 1.88 bits per heavy atom. The van der Waals surface area contributed by atoms with Crippen LogP contribution in [0.5, 0.6) is 5.75 Å². The Bertz CT molecular complexity index is 2380. The van der Waals surface area contributed by atoms with Gasteiger partial charge in [-0.25, -0.2) is 0 Å². The van der Waals surface area contributed by atoms with Crippen LogP contribution in [0.1, 0.15) is 58.9 Å². The third-order valence-electron chi connectivity index (χ3n) is 9.90. The lowest BCUT2D eigenvalue weighted by Crippen LogP contribution is -2.43. The summed E-state index contributed by atoms with van der Waals surface area (Å²) < 4.78 is 6.07. The van der Waals surface area contributed by atoms with E-state index in [4.69, 9.17) is 4.74 Å². The number of benzene rings is 7. The molecule has 7 heteroatoms. The van der Waals surface area contributed by atoms with Crippen LogP contribution in [-0.2, 0) is 4.79 Å². The van der Waals surface area contributed by atoms with Gasteiger partial charge in [-0.05, 0) is 100 Å². The maximum absolute atomic E-state index is 13.5. The van der Waals surface area contributed by atoms with E-state index in [0.717, 1.165) is 71.8 Å². The number of unbranched alkanes of at least 4 members (excludes halogenated alkanes) is 3. The molecule has 0 radical (unpaired) electrons. The average molecular weight is 661 g/mol. The van der Waals surface area contributed by atoms with Gasteiger partial charge in [0.2, 0.25) is 0 Å². The first-order valence-electron chi connectivity index (χ1n) is 17.2.